The summed E-state index contributed by atoms with van der Waals surface area (Å²) >= 11 is 0. The van der Waals surface area contributed by atoms with E-state index < -0.39 is 0 Å². The summed E-state index contributed by atoms with van der Waals surface area (Å²) in [5.41, 5.74) is 11.9. The van der Waals surface area contributed by atoms with Crippen LogP contribution in [0.25, 0.3) is 11.1 Å². The molecule has 3 aromatic rings. The largest absolute Gasteiger partial charge is 0.316 e. The molecular formula is C22H27N5. The van der Waals surface area contributed by atoms with Crippen LogP contribution in [-0.4, -0.2) is 29.4 Å². The first-order valence-corrected chi connectivity index (χ1v) is 9.61. The molecule has 1 saturated heterocycles. The molecular weight excluding hydrogens is 334 g/mol. The van der Waals surface area contributed by atoms with Crippen molar-refractivity contribution in [1.82, 2.24) is 25.9 Å². The summed E-state index contributed by atoms with van der Waals surface area (Å²) in [6.07, 6.45) is 5.03. The van der Waals surface area contributed by atoms with Crippen molar-refractivity contribution in [1.29, 1.82) is 0 Å². The third-order valence-electron chi connectivity index (χ3n) is 5.23. The molecule has 27 heavy (non-hydrogen) atoms. The summed E-state index contributed by atoms with van der Waals surface area (Å²) in [4.78, 5) is 0. The number of benzene rings is 2. The van der Waals surface area contributed by atoms with E-state index in [0.717, 1.165) is 26.1 Å². The van der Waals surface area contributed by atoms with Crippen molar-refractivity contribution in [2.24, 2.45) is 13.0 Å². The van der Waals surface area contributed by atoms with Crippen LogP contribution in [0.4, 0.5) is 0 Å². The molecule has 1 fully saturated rings. The second-order valence-corrected chi connectivity index (χ2v) is 7.23. The minimum absolute atomic E-state index is 0.334. The van der Waals surface area contributed by atoms with Crippen LogP contribution in [0.2, 0.25) is 0 Å². The van der Waals surface area contributed by atoms with E-state index in [2.05, 4.69) is 82.1 Å². The van der Waals surface area contributed by atoms with Gasteiger partial charge < -0.3 is 5.32 Å². The normalized spacial score (nSPS) is 19.4. The lowest BCUT2D eigenvalue weighted by atomic mass is 9.93. The molecule has 2 heterocycles. The van der Waals surface area contributed by atoms with Gasteiger partial charge in [-0.05, 0) is 35.2 Å². The Labute approximate surface area is 160 Å². The second-order valence-electron chi connectivity index (χ2n) is 7.23. The predicted octanol–water partition coefficient (Wildman–Crippen LogP) is 2.68. The second kappa shape index (κ2) is 8.48. The fraction of sp³-hybridized carbons (Fsp3) is 0.318. The molecule has 0 saturated carbocycles. The van der Waals surface area contributed by atoms with Crippen LogP contribution in [0.3, 0.4) is 0 Å². The van der Waals surface area contributed by atoms with Gasteiger partial charge in [-0.25, -0.2) is 5.43 Å². The Bertz CT molecular complexity index is 841. The molecule has 1 aliphatic rings. The Morgan fingerprint density at radius 3 is 2.59 bits per heavy atom. The number of hydrazine groups is 1. The van der Waals surface area contributed by atoms with Gasteiger partial charge >= 0.3 is 0 Å². The van der Waals surface area contributed by atoms with E-state index in [9.17, 15) is 0 Å². The minimum atomic E-state index is 0.334. The van der Waals surface area contributed by atoms with Crippen LogP contribution in [0, 0.1) is 5.92 Å². The molecule has 0 radical (unpaired) electrons. The average Bonchev–Trinajstić information content (AvgIpc) is 3.35. The van der Waals surface area contributed by atoms with Crippen LogP contribution in [0.5, 0.6) is 0 Å². The summed E-state index contributed by atoms with van der Waals surface area (Å²) in [7, 11) is 1.96. The number of hydrogen-bond acceptors (Lipinski definition) is 4. The highest BCUT2D eigenvalue weighted by molar-refractivity contribution is 5.63. The SMILES string of the molecule is Cn1cc(CCNCC2CNNC2c2ccc(-c3ccccc3)cc2)cn1. The van der Waals surface area contributed by atoms with Gasteiger partial charge in [0.1, 0.15) is 0 Å². The maximum Gasteiger partial charge on any atom is 0.0522 e. The summed E-state index contributed by atoms with van der Waals surface area (Å²) in [6, 6.07) is 19.8. The molecule has 2 unspecified atom stereocenters. The minimum Gasteiger partial charge on any atom is -0.316 e. The highest BCUT2D eigenvalue weighted by Gasteiger charge is 2.27. The van der Waals surface area contributed by atoms with Crippen LogP contribution in [-0.2, 0) is 13.5 Å². The number of nitrogens with one attached hydrogen (secondary N) is 3. The molecule has 2 aromatic carbocycles. The van der Waals surface area contributed by atoms with Crippen molar-refractivity contribution in [3.63, 3.8) is 0 Å². The maximum atomic E-state index is 4.22. The quantitative estimate of drug-likeness (QED) is 0.567. The van der Waals surface area contributed by atoms with Gasteiger partial charge in [-0.2, -0.15) is 5.10 Å². The maximum absolute atomic E-state index is 4.22. The number of hydrogen-bond donors (Lipinski definition) is 3. The first kappa shape index (κ1) is 17.9. The predicted molar refractivity (Wildman–Crippen MR) is 109 cm³/mol. The number of rotatable bonds is 7. The van der Waals surface area contributed by atoms with Crippen molar-refractivity contribution >= 4 is 0 Å². The first-order valence-electron chi connectivity index (χ1n) is 9.61. The molecule has 0 amide bonds. The van der Waals surface area contributed by atoms with Gasteiger partial charge in [-0.1, -0.05) is 54.6 Å². The Balaban J connectivity index is 1.32. The zero-order valence-electron chi connectivity index (χ0n) is 15.7. The van der Waals surface area contributed by atoms with Gasteiger partial charge in [-0.15, -0.1) is 0 Å². The molecule has 1 aromatic heterocycles. The average molecular weight is 361 g/mol. The Morgan fingerprint density at radius 2 is 1.85 bits per heavy atom. The van der Waals surface area contributed by atoms with Crippen LogP contribution in [0.1, 0.15) is 17.2 Å². The van der Waals surface area contributed by atoms with Crippen LogP contribution < -0.4 is 16.2 Å². The van der Waals surface area contributed by atoms with Crippen molar-refractivity contribution in [2.45, 2.75) is 12.5 Å². The van der Waals surface area contributed by atoms with E-state index in [1.807, 2.05) is 17.9 Å². The Kier molecular flexibility index (Phi) is 5.63. The molecule has 1 aliphatic heterocycles. The Hall–Kier alpha value is -2.47. The molecule has 0 aliphatic carbocycles. The lowest BCUT2D eigenvalue weighted by molar-refractivity contribution is 0.443. The van der Waals surface area contributed by atoms with Gasteiger partial charge in [0.05, 0.1) is 12.2 Å². The Morgan fingerprint density at radius 1 is 1.07 bits per heavy atom. The lowest BCUT2D eigenvalue weighted by Crippen LogP contribution is -2.29. The standard InChI is InChI=1S/C22H27N5/c1-27-16-17(13-25-27)11-12-23-14-21-15-24-26-22(21)20-9-7-19(8-10-20)18-5-3-2-4-6-18/h2-10,13,16,21-24,26H,11-12,14-15H2,1H3. The highest BCUT2D eigenvalue weighted by Crippen LogP contribution is 2.27. The van der Waals surface area contributed by atoms with E-state index in [4.69, 9.17) is 0 Å². The van der Waals surface area contributed by atoms with Crippen LogP contribution >= 0.6 is 0 Å². The van der Waals surface area contributed by atoms with Gasteiger partial charge in [0.25, 0.3) is 0 Å². The highest BCUT2D eigenvalue weighted by atomic mass is 15.4. The van der Waals surface area contributed by atoms with Crippen LogP contribution in [0.15, 0.2) is 67.0 Å². The monoisotopic (exact) mass is 361 g/mol. The summed E-state index contributed by atoms with van der Waals surface area (Å²) in [5, 5.41) is 7.83. The molecule has 5 nitrogen and oxygen atoms in total. The van der Waals surface area contributed by atoms with Gasteiger partial charge in [0.15, 0.2) is 0 Å². The van der Waals surface area contributed by atoms with E-state index in [-0.39, 0.29) is 0 Å². The van der Waals surface area contributed by atoms with E-state index >= 15 is 0 Å². The van der Waals surface area contributed by atoms with Gasteiger partial charge in [0, 0.05) is 32.3 Å². The fourth-order valence-corrected chi connectivity index (χ4v) is 3.72. The topological polar surface area (TPSA) is 53.9 Å². The molecule has 140 valence electrons. The third-order valence-corrected chi connectivity index (χ3v) is 5.23. The third kappa shape index (κ3) is 4.45. The van der Waals surface area contributed by atoms with E-state index in [0.29, 0.717) is 12.0 Å². The van der Waals surface area contributed by atoms with E-state index in [1.54, 1.807) is 0 Å². The molecule has 2 atom stereocenters. The first-order chi connectivity index (χ1) is 13.3. The molecule has 4 rings (SSSR count). The zero-order chi connectivity index (χ0) is 18.5. The molecule has 0 spiro atoms. The number of aromatic nitrogens is 2. The molecule has 3 N–H and O–H groups in total. The summed E-state index contributed by atoms with van der Waals surface area (Å²) in [5.74, 6) is 0.529. The van der Waals surface area contributed by atoms with E-state index in [1.165, 1.54) is 22.3 Å². The number of nitrogens with zero attached hydrogens (tertiary/aromatic N) is 2. The zero-order valence-corrected chi connectivity index (χ0v) is 15.7. The van der Waals surface area contributed by atoms with Crippen molar-refractivity contribution in [3.05, 3.63) is 78.1 Å². The van der Waals surface area contributed by atoms with Gasteiger partial charge in [-0.3, -0.25) is 10.1 Å². The van der Waals surface area contributed by atoms with Crippen molar-refractivity contribution in [2.75, 3.05) is 19.6 Å². The smallest absolute Gasteiger partial charge is 0.0522 e. The summed E-state index contributed by atoms with van der Waals surface area (Å²) < 4.78 is 1.86. The van der Waals surface area contributed by atoms with Crippen molar-refractivity contribution in [3.8, 4) is 11.1 Å². The molecule has 0 bridgehead atoms. The fourth-order valence-electron chi connectivity index (χ4n) is 3.72. The van der Waals surface area contributed by atoms with Gasteiger partial charge in [0.2, 0.25) is 0 Å². The number of aryl methyl sites for hydroxylation is 1. The lowest BCUT2D eigenvalue weighted by Gasteiger charge is -2.19. The van der Waals surface area contributed by atoms with Crippen molar-refractivity contribution < 1.29 is 0 Å². The summed E-state index contributed by atoms with van der Waals surface area (Å²) in [6.45, 7) is 2.94. The molecule has 5 heteroatoms.